The zero-order chi connectivity index (χ0) is 21.9. The van der Waals surface area contributed by atoms with Gasteiger partial charge < -0.3 is 9.80 Å². The minimum Gasteiger partial charge on any atom is -0.350 e. The number of pyridine rings is 1. The average Bonchev–Trinajstić information content (AvgIpc) is 3.36. The van der Waals surface area contributed by atoms with Crippen molar-refractivity contribution in [1.82, 2.24) is 29.2 Å². The summed E-state index contributed by atoms with van der Waals surface area (Å²) in [6, 6.07) is 6.12. The van der Waals surface area contributed by atoms with E-state index >= 15 is 0 Å². The summed E-state index contributed by atoms with van der Waals surface area (Å²) in [4.78, 5) is 34.8. The van der Waals surface area contributed by atoms with Crippen LogP contribution in [0, 0.1) is 5.41 Å². The summed E-state index contributed by atoms with van der Waals surface area (Å²) in [5, 5.41) is 6.69. The van der Waals surface area contributed by atoms with Gasteiger partial charge in [0.05, 0.1) is 5.52 Å². The molecule has 3 aliphatic heterocycles. The van der Waals surface area contributed by atoms with Gasteiger partial charge in [-0.3, -0.25) is 19.0 Å². The number of hydrogen-bond acceptors (Lipinski definition) is 5. The topological polar surface area (TPSA) is 92.0 Å². The fourth-order valence-electron chi connectivity index (χ4n) is 4.94. The van der Waals surface area contributed by atoms with Crippen LogP contribution in [0.2, 0.25) is 0 Å². The molecule has 1 amide bonds. The average molecular weight is 424 g/mol. The molecule has 0 spiro atoms. The largest absolute Gasteiger partial charge is 0.350 e. The van der Waals surface area contributed by atoms with Gasteiger partial charge >= 0.3 is 5.69 Å². The number of H-pyrrole nitrogens is 1. The summed E-state index contributed by atoms with van der Waals surface area (Å²) >= 11 is 0. The molecular weight excluding hydrogens is 394 g/mol. The Labute approximate surface area is 180 Å². The molecule has 0 aliphatic carbocycles. The van der Waals surface area contributed by atoms with Crippen molar-refractivity contribution in [2.24, 2.45) is 12.5 Å². The summed E-state index contributed by atoms with van der Waals surface area (Å²) in [5.41, 5.74) is 2.07. The predicted octanol–water partition coefficient (Wildman–Crippen LogP) is 2.00. The third-order valence-electron chi connectivity index (χ3n) is 6.41. The van der Waals surface area contributed by atoms with Crippen molar-refractivity contribution in [1.29, 1.82) is 0 Å². The third kappa shape index (κ3) is 3.32. The SMILES string of the molecule is Cn1c(=O)n(CC(C)(C)C)c2ccc(N3CC4CCC3CN4C(=O)c3ccn[nH]3)nc21. The highest BCUT2D eigenvalue weighted by atomic mass is 16.2. The van der Waals surface area contributed by atoms with E-state index in [1.54, 1.807) is 23.9 Å². The quantitative estimate of drug-likeness (QED) is 0.696. The Hall–Kier alpha value is -3.10. The Morgan fingerprint density at radius 3 is 2.58 bits per heavy atom. The van der Waals surface area contributed by atoms with Gasteiger partial charge in [-0.15, -0.1) is 0 Å². The van der Waals surface area contributed by atoms with E-state index in [9.17, 15) is 9.59 Å². The Morgan fingerprint density at radius 1 is 1.16 bits per heavy atom. The number of anilines is 1. The molecule has 9 nitrogen and oxygen atoms in total. The number of imidazole rings is 1. The molecule has 2 atom stereocenters. The van der Waals surface area contributed by atoms with E-state index in [1.165, 1.54) is 0 Å². The number of rotatable bonds is 3. The number of amides is 1. The lowest BCUT2D eigenvalue weighted by Gasteiger charge is -2.51. The second-order valence-corrected chi connectivity index (χ2v) is 9.97. The first-order chi connectivity index (χ1) is 14.7. The molecule has 3 aliphatic rings. The molecule has 6 heterocycles. The lowest BCUT2D eigenvalue weighted by atomic mass is 9.90. The van der Waals surface area contributed by atoms with Crippen molar-refractivity contribution < 1.29 is 4.79 Å². The number of piperazine rings is 1. The summed E-state index contributed by atoms with van der Waals surface area (Å²) in [6.07, 6.45) is 3.63. The zero-order valence-corrected chi connectivity index (χ0v) is 18.5. The standard InChI is InChI=1S/C22H29N7O2/c1-22(2,3)13-29-17-7-8-18(24-19(17)26(4)21(29)31)27-11-15-6-5-14(27)12-28(15)20(30)16-9-10-23-25-16/h7-10,14-15H,5-6,11-13H2,1-4H3,(H,23,25). The molecule has 3 aromatic rings. The third-order valence-corrected chi connectivity index (χ3v) is 6.41. The van der Waals surface area contributed by atoms with Gasteiger partial charge in [0, 0.05) is 45.0 Å². The van der Waals surface area contributed by atoms with Crippen molar-refractivity contribution in [2.75, 3.05) is 18.0 Å². The number of carbonyl (C=O) groups is 1. The van der Waals surface area contributed by atoms with E-state index < -0.39 is 0 Å². The van der Waals surface area contributed by atoms with Crippen LogP contribution in [0.5, 0.6) is 0 Å². The van der Waals surface area contributed by atoms with Crippen LogP contribution in [-0.2, 0) is 13.6 Å². The molecule has 2 bridgehead atoms. The molecule has 6 rings (SSSR count). The number of aryl methyl sites for hydroxylation is 1. The van der Waals surface area contributed by atoms with E-state index in [0.717, 1.165) is 30.7 Å². The van der Waals surface area contributed by atoms with Gasteiger partial charge in [-0.1, -0.05) is 20.8 Å². The van der Waals surface area contributed by atoms with Gasteiger partial charge in [0.15, 0.2) is 5.65 Å². The number of fused-ring (bicyclic) bond motifs is 4. The Balaban J connectivity index is 1.44. The maximum absolute atomic E-state index is 12.8. The second-order valence-electron chi connectivity index (χ2n) is 9.97. The van der Waals surface area contributed by atoms with E-state index in [2.05, 4.69) is 35.9 Å². The van der Waals surface area contributed by atoms with Crippen molar-refractivity contribution in [3.05, 3.63) is 40.6 Å². The minimum absolute atomic E-state index is 0.00649. The van der Waals surface area contributed by atoms with Crippen LogP contribution in [0.25, 0.3) is 11.2 Å². The van der Waals surface area contributed by atoms with E-state index in [0.29, 0.717) is 24.4 Å². The van der Waals surface area contributed by atoms with Crippen molar-refractivity contribution >= 4 is 22.9 Å². The first-order valence-electron chi connectivity index (χ1n) is 10.9. The number of aromatic nitrogens is 5. The first-order valence-corrected chi connectivity index (χ1v) is 10.9. The van der Waals surface area contributed by atoms with Gasteiger partial charge in [0.2, 0.25) is 0 Å². The van der Waals surface area contributed by atoms with Crippen LogP contribution < -0.4 is 10.6 Å². The number of nitrogens with zero attached hydrogens (tertiary/aromatic N) is 6. The number of carbonyl (C=O) groups excluding carboxylic acids is 1. The highest BCUT2D eigenvalue weighted by Gasteiger charge is 2.42. The smallest absolute Gasteiger partial charge is 0.330 e. The second kappa shape index (κ2) is 6.96. The molecule has 3 saturated heterocycles. The van der Waals surface area contributed by atoms with Gasteiger partial charge in [-0.2, -0.15) is 5.10 Å². The highest BCUT2D eigenvalue weighted by molar-refractivity contribution is 5.92. The molecule has 0 aromatic carbocycles. The van der Waals surface area contributed by atoms with Crippen LogP contribution in [-0.4, -0.2) is 60.3 Å². The summed E-state index contributed by atoms with van der Waals surface area (Å²) < 4.78 is 3.46. The van der Waals surface area contributed by atoms with Gasteiger partial charge in [-0.05, 0) is 36.5 Å². The van der Waals surface area contributed by atoms with Crippen molar-refractivity contribution in [3.8, 4) is 0 Å². The molecule has 3 aromatic heterocycles. The number of nitrogens with one attached hydrogen (secondary N) is 1. The maximum Gasteiger partial charge on any atom is 0.330 e. The molecule has 9 heteroatoms. The molecule has 1 N–H and O–H groups in total. The number of piperidine rings is 2. The van der Waals surface area contributed by atoms with Crippen LogP contribution >= 0.6 is 0 Å². The fraction of sp³-hybridized carbons (Fsp3) is 0.545. The van der Waals surface area contributed by atoms with Crippen LogP contribution in [0.3, 0.4) is 0 Å². The maximum atomic E-state index is 12.8. The molecule has 2 unspecified atom stereocenters. The molecule has 31 heavy (non-hydrogen) atoms. The lowest BCUT2D eigenvalue weighted by molar-refractivity contribution is 0.0498. The number of hydrogen-bond donors (Lipinski definition) is 1. The van der Waals surface area contributed by atoms with E-state index in [-0.39, 0.29) is 29.1 Å². The summed E-state index contributed by atoms with van der Waals surface area (Å²) in [7, 11) is 1.79. The van der Waals surface area contributed by atoms with Gasteiger partial charge in [0.1, 0.15) is 11.5 Å². The van der Waals surface area contributed by atoms with Crippen molar-refractivity contribution in [3.63, 3.8) is 0 Å². The zero-order valence-electron chi connectivity index (χ0n) is 18.5. The van der Waals surface area contributed by atoms with Crippen LogP contribution in [0.15, 0.2) is 29.2 Å². The van der Waals surface area contributed by atoms with Crippen LogP contribution in [0.1, 0.15) is 44.1 Å². The highest BCUT2D eigenvalue weighted by Crippen LogP contribution is 2.33. The predicted molar refractivity (Wildman–Crippen MR) is 118 cm³/mol. The summed E-state index contributed by atoms with van der Waals surface area (Å²) in [6.45, 7) is 8.44. The Kier molecular flexibility index (Phi) is 4.46. The van der Waals surface area contributed by atoms with Crippen LogP contribution in [0.4, 0.5) is 5.82 Å². The van der Waals surface area contributed by atoms with Crippen molar-refractivity contribution in [2.45, 2.75) is 52.2 Å². The Morgan fingerprint density at radius 2 is 1.94 bits per heavy atom. The monoisotopic (exact) mass is 423 g/mol. The van der Waals surface area contributed by atoms with Gasteiger partial charge in [0.25, 0.3) is 5.91 Å². The molecular formula is C22H29N7O2. The minimum atomic E-state index is -0.0360. The molecule has 164 valence electrons. The fourth-order valence-corrected chi connectivity index (χ4v) is 4.94. The normalized spacial score (nSPS) is 21.3. The number of aromatic amines is 1. The lowest BCUT2D eigenvalue weighted by Crippen LogP contribution is -2.64. The molecule has 0 radical (unpaired) electrons. The molecule has 0 saturated carbocycles. The van der Waals surface area contributed by atoms with Gasteiger partial charge in [-0.25, -0.2) is 9.78 Å². The molecule has 3 fully saturated rings. The van der Waals surface area contributed by atoms with E-state index in [1.807, 2.05) is 21.6 Å². The summed E-state index contributed by atoms with van der Waals surface area (Å²) in [5.74, 6) is 0.885. The Bertz CT molecular complexity index is 1190. The first kappa shape index (κ1) is 19.8. The van der Waals surface area contributed by atoms with E-state index in [4.69, 9.17) is 4.98 Å².